The zero-order chi connectivity index (χ0) is 9.97. The Bertz CT molecular complexity index is 442. The SMILES string of the molecule is Nc1cnc(-c2cncc(Br)n2)cn1. The first kappa shape index (κ1) is 9.01. The second-order valence-corrected chi connectivity index (χ2v) is 3.37. The molecule has 0 aliphatic carbocycles. The van der Waals surface area contributed by atoms with E-state index in [0.29, 0.717) is 21.8 Å². The van der Waals surface area contributed by atoms with Crippen molar-refractivity contribution in [3.63, 3.8) is 0 Å². The third-order valence-electron chi connectivity index (χ3n) is 1.54. The minimum Gasteiger partial charge on any atom is -0.382 e. The molecule has 0 fully saturated rings. The predicted molar refractivity (Wildman–Crippen MR) is 55.2 cm³/mol. The van der Waals surface area contributed by atoms with Gasteiger partial charge >= 0.3 is 0 Å². The van der Waals surface area contributed by atoms with Crippen LogP contribution in [0, 0.1) is 0 Å². The summed E-state index contributed by atoms with van der Waals surface area (Å²) in [5, 5.41) is 0. The molecule has 2 aromatic rings. The Labute approximate surface area is 88.6 Å². The first-order valence-corrected chi connectivity index (χ1v) is 4.60. The van der Waals surface area contributed by atoms with Gasteiger partial charge in [-0.15, -0.1) is 0 Å². The molecule has 2 aromatic heterocycles. The molecule has 5 nitrogen and oxygen atoms in total. The number of anilines is 1. The molecule has 0 bridgehead atoms. The first-order chi connectivity index (χ1) is 6.75. The van der Waals surface area contributed by atoms with Gasteiger partial charge in [0.2, 0.25) is 0 Å². The molecule has 0 spiro atoms. The van der Waals surface area contributed by atoms with Crippen LogP contribution >= 0.6 is 15.9 Å². The van der Waals surface area contributed by atoms with Gasteiger partial charge in [0.05, 0.1) is 24.8 Å². The van der Waals surface area contributed by atoms with Crippen molar-refractivity contribution in [2.75, 3.05) is 5.73 Å². The summed E-state index contributed by atoms with van der Waals surface area (Å²) in [6.07, 6.45) is 6.27. The monoisotopic (exact) mass is 251 g/mol. The Balaban J connectivity index is 2.44. The fourth-order valence-electron chi connectivity index (χ4n) is 0.936. The second kappa shape index (κ2) is 3.67. The molecule has 70 valence electrons. The smallest absolute Gasteiger partial charge is 0.141 e. The topological polar surface area (TPSA) is 77.6 Å². The summed E-state index contributed by atoms with van der Waals surface area (Å²) in [5.41, 5.74) is 6.72. The van der Waals surface area contributed by atoms with E-state index in [0.717, 1.165) is 0 Å². The van der Waals surface area contributed by atoms with Gasteiger partial charge in [-0.25, -0.2) is 15.0 Å². The molecule has 0 unspecified atom stereocenters. The molecule has 2 heterocycles. The number of nitrogen functional groups attached to an aromatic ring is 1. The van der Waals surface area contributed by atoms with Crippen molar-refractivity contribution < 1.29 is 0 Å². The number of aromatic nitrogens is 4. The molecule has 0 atom stereocenters. The summed E-state index contributed by atoms with van der Waals surface area (Å²) < 4.78 is 0.661. The first-order valence-electron chi connectivity index (χ1n) is 3.81. The van der Waals surface area contributed by atoms with Crippen molar-refractivity contribution in [1.82, 2.24) is 19.9 Å². The summed E-state index contributed by atoms with van der Waals surface area (Å²) in [7, 11) is 0. The summed E-state index contributed by atoms with van der Waals surface area (Å²) >= 11 is 3.23. The lowest BCUT2D eigenvalue weighted by molar-refractivity contribution is 1.13. The fraction of sp³-hybridized carbons (Fsp3) is 0. The van der Waals surface area contributed by atoms with Crippen LogP contribution in [-0.4, -0.2) is 19.9 Å². The fourth-order valence-corrected chi connectivity index (χ4v) is 1.25. The molecule has 0 saturated heterocycles. The Hall–Kier alpha value is -1.56. The van der Waals surface area contributed by atoms with Gasteiger partial charge in [0.25, 0.3) is 0 Å². The van der Waals surface area contributed by atoms with E-state index in [1.54, 1.807) is 18.6 Å². The van der Waals surface area contributed by atoms with Crippen LogP contribution in [0.3, 0.4) is 0 Å². The van der Waals surface area contributed by atoms with E-state index in [1.807, 2.05) is 0 Å². The number of nitrogens with zero attached hydrogens (tertiary/aromatic N) is 4. The lowest BCUT2D eigenvalue weighted by atomic mass is 10.3. The minimum absolute atomic E-state index is 0.386. The summed E-state index contributed by atoms with van der Waals surface area (Å²) in [6.45, 7) is 0. The summed E-state index contributed by atoms with van der Waals surface area (Å²) in [4.78, 5) is 16.2. The number of nitrogens with two attached hydrogens (primary N) is 1. The molecule has 2 N–H and O–H groups in total. The zero-order valence-corrected chi connectivity index (χ0v) is 8.64. The van der Waals surface area contributed by atoms with Crippen LogP contribution in [-0.2, 0) is 0 Å². The van der Waals surface area contributed by atoms with Crippen LogP contribution in [0.2, 0.25) is 0 Å². The molecular weight excluding hydrogens is 246 g/mol. The standard InChI is InChI=1S/C8H6BrN5/c9-7-3-11-1-6(14-7)5-2-13-8(10)4-12-5/h1-4H,(H2,10,13). The van der Waals surface area contributed by atoms with E-state index in [9.17, 15) is 0 Å². The third-order valence-corrected chi connectivity index (χ3v) is 1.92. The van der Waals surface area contributed by atoms with Gasteiger partial charge in [-0.3, -0.25) is 4.98 Å². The maximum Gasteiger partial charge on any atom is 0.141 e. The Morgan fingerprint density at radius 3 is 2.50 bits per heavy atom. The largest absolute Gasteiger partial charge is 0.382 e. The van der Waals surface area contributed by atoms with Crippen LogP contribution in [0.1, 0.15) is 0 Å². The molecule has 2 rings (SSSR count). The van der Waals surface area contributed by atoms with Gasteiger partial charge in [-0.2, -0.15) is 0 Å². The van der Waals surface area contributed by atoms with E-state index < -0.39 is 0 Å². The third kappa shape index (κ3) is 1.85. The van der Waals surface area contributed by atoms with Crippen LogP contribution in [0.15, 0.2) is 29.4 Å². The van der Waals surface area contributed by atoms with Crippen molar-refractivity contribution in [2.45, 2.75) is 0 Å². The predicted octanol–water partition coefficient (Wildman–Crippen LogP) is 1.28. The maximum atomic E-state index is 5.42. The highest BCUT2D eigenvalue weighted by atomic mass is 79.9. The Morgan fingerprint density at radius 2 is 1.86 bits per heavy atom. The molecule has 0 radical (unpaired) electrons. The van der Waals surface area contributed by atoms with Crippen LogP contribution in [0.5, 0.6) is 0 Å². The van der Waals surface area contributed by atoms with Crippen molar-refractivity contribution in [3.8, 4) is 11.4 Å². The van der Waals surface area contributed by atoms with E-state index >= 15 is 0 Å². The maximum absolute atomic E-state index is 5.42. The highest BCUT2D eigenvalue weighted by Crippen LogP contribution is 2.14. The minimum atomic E-state index is 0.386. The number of hydrogen-bond donors (Lipinski definition) is 1. The van der Waals surface area contributed by atoms with Crippen LogP contribution < -0.4 is 5.73 Å². The average Bonchev–Trinajstić information content (AvgIpc) is 2.19. The normalized spacial score (nSPS) is 10.1. The molecular formula is C8H6BrN5. The van der Waals surface area contributed by atoms with E-state index in [2.05, 4.69) is 35.9 Å². The quantitative estimate of drug-likeness (QED) is 0.827. The van der Waals surface area contributed by atoms with E-state index in [1.165, 1.54) is 6.20 Å². The van der Waals surface area contributed by atoms with Gasteiger partial charge in [0.1, 0.15) is 21.8 Å². The zero-order valence-electron chi connectivity index (χ0n) is 7.05. The number of halogens is 1. The number of rotatable bonds is 1. The molecule has 0 amide bonds. The van der Waals surface area contributed by atoms with Gasteiger partial charge in [0, 0.05) is 0 Å². The van der Waals surface area contributed by atoms with Crippen molar-refractivity contribution in [1.29, 1.82) is 0 Å². The van der Waals surface area contributed by atoms with Gasteiger partial charge < -0.3 is 5.73 Å². The summed E-state index contributed by atoms with van der Waals surface area (Å²) in [6, 6.07) is 0. The molecule has 6 heteroatoms. The van der Waals surface area contributed by atoms with E-state index in [-0.39, 0.29) is 0 Å². The lowest BCUT2D eigenvalue weighted by Crippen LogP contribution is -1.94. The Kier molecular flexibility index (Phi) is 2.36. The lowest BCUT2D eigenvalue weighted by Gasteiger charge is -1.98. The van der Waals surface area contributed by atoms with Gasteiger partial charge in [-0.1, -0.05) is 0 Å². The van der Waals surface area contributed by atoms with Crippen molar-refractivity contribution >= 4 is 21.7 Å². The highest BCUT2D eigenvalue weighted by Gasteiger charge is 2.01. The summed E-state index contributed by atoms with van der Waals surface area (Å²) in [5.74, 6) is 0.386. The van der Waals surface area contributed by atoms with Crippen molar-refractivity contribution in [2.24, 2.45) is 0 Å². The molecule has 14 heavy (non-hydrogen) atoms. The molecule has 0 aliphatic heterocycles. The van der Waals surface area contributed by atoms with Crippen LogP contribution in [0.4, 0.5) is 5.82 Å². The number of hydrogen-bond acceptors (Lipinski definition) is 5. The average molecular weight is 252 g/mol. The van der Waals surface area contributed by atoms with Crippen molar-refractivity contribution in [3.05, 3.63) is 29.4 Å². The molecule has 0 aromatic carbocycles. The van der Waals surface area contributed by atoms with Gasteiger partial charge in [0.15, 0.2) is 0 Å². The molecule has 0 aliphatic rings. The van der Waals surface area contributed by atoms with E-state index in [4.69, 9.17) is 5.73 Å². The second-order valence-electron chi connectivity index (χ2n) is 2.55. The Morgan fingerprint density at radius 1 is 1.00 bits per heavy atom. The van der Waals surface area contributed by atoms with Crippen LogP contribution in [0.25, 0.3) is 11.4 Å². The van der Waals surface area contributed by atoms with Gasteiger partial charge in [-0.05, 0) is 15.9 Å². The molecule has 0 saturated carbocycles. The highest BCUT2D eigenvalue weighted by molar-refractivity contribution is 9.10.